The lowest BCUT2D eigenvalue weighted by Crippen LogP contribution is -2.37. The zero-order valence-corrected chi connectivity index (χ0v) is 19.4. The third kappa shape index (κ3) is 5.49. The fraction of sp³-hybridized carbons (Fsp3) is 0.130. The summed E-state index contributed by atoms with van der Waals surface area (Å²) in [4.78, 5) is 42.6. The van der Waals surface area contributed by atoms with Crippen molar-refractivity contribution in [3.8, 4) is 11.3 Å². The van der Waals surface area contributed by atoms with E-state index in [-0.39, 0.29) is 35.2 Å². The number of imidazole rings is 1. The Balaban J connectivity index is 1.27. The molecule has 2 aromatic carbocycles. The molecule has 3 aromatic rings. The maximum Gasteiger partial charge on any atom is 0.293 e. The SMILES string of the molecule is Nn1cc(-c2ccccc2)nc1SCC(=O)NCCN1C(=O)S/C(=C\c2ccccc2F)C1=O. The van der Waals surface area contributed by atoms with Crippen LogP contribution in [-0.4, -0.2) is 50.5 Å². The quantitative estimate of drug-likeness (QED) is 0.279. The molecule has 0 bridgehead atoms. The molecule has 11 heteroatoms. The van der Waals surface area contributed by atoms with Gasteiger partial charge in [-0.05, 0) is 23.9 Å². The molecule has 0 atom stereocenters. The molecular weight excluding hydrogens is 477 g/mol. The van der Waals surface area contributed by atoms with Crippen LogP contribution in [0.3, 0.4) is 0 Å². The van der Waals surface area contributed by atoms with Crippen LogP contribution < -0.4 is 11.2 Å². The number of nitrogens with zero attached hydrogens (tertiary/aromatic N) is 3. The van der Waals surface area contributed by atoms with Gasteiger partial charge in [0.05, 0.1) is 22.5 Å². The van der Waals surface area contributed by atoms with Gasteiger partial charge in [-0.15, -0.1) is 0 Å². The zero-order chi connectivity index (χ0) is 24.1. The fourth-order valence-electron chi connectivity index (χ4n) is 3.15. The van der Waals surface area contributed by atoms with E-state index in [1.165, 1.54) is 34.6 Å². The number of nitrogen functional groups attached to an aromatic ring is 1. The summed E-state index contributed by atoms with van der Waals surface area (Å²) in [5.74, 6) is 4.73. The van der Waals surface area contributed by atoms with Crippen LogP contribution in [0.4, 0.5) is 9.18 Å². The largest absolute Gasteiger partial charge is 0.354 e. The Labute approximate surface area is 203 Å². The maximum absolute atomic E-state index is 13.8. The number of thioether (sulfide) groups is 2. The Hall–Kier alpha value is -3.57. The van der Waals surface area contributed by atoms with Gasteiger partial charge in [0.15, 0.2) is 5.16 Å². The lowest BCUT2D eigenvalue weighted by atomic mass is 10.2. The number of nitrogens with two attached hydrogens (primary N) is 1. The number of rotatable bonds is 8. The average molecular weight is 498 g/mol. The summed E-state index contributed by atoms with van der Waals surface area (Å²) in [6.45, 7) is 0.107. The second-order valence-corrected chi connectivity index (χ2v) is 9.11. The van der Waals surface area contributed by atoms with Crippen LogP contribution >= 0.6 is 23.5 Å². The number of imide groups is 1. The van der Waals surface area contributed by atoms with Crippen molar-refractivity contribution in [1.82, 2.24) is 19.9 Å². The lowest BCUT2D eigenvalue weighted by Gasteiger charge is -2.12. The molecule has 1 fully saturated rings. The van der Waals surface area contributed by atoms with Crippen LogP contribution in [0.25, 0.3) is 17.3 Å². The van der Waals surface area contributed by atoms with E-state index in [1.54, 1.807) is 18.3 Å². The van der Waals surface area contributed by atoms with Crippen LogP contribution in [0, 0.1) is 5.82 Å². The van der Waals surface area contributed by atoms with Crippen molar-refractivity contribution in [2.75, 3.05) is 24.7 Å². The van der Waals surface area contributed by atoms with E-state index in [0.29, 0.717) is 10.9 Å². The average Bonchev–Trinajstić information content (AvgIpc) is 3.33. The summed E-state index contributed by atoms with van der Waals surface area (Å²) in [6, 6.07) is 15.5. The van der Waals surface area contributed by atoms with Gasteiger partial charge in [0.1, 0.15) is 5.82 Å². The van der Waals surface area contributed by atoms with Crippen LogP contribution in [0.15, 0.2) is 70.9 Å². The van der Waals surface area contributed by atoms with Crippen molar-refractivity contribution in [2.45, 2.75) is 5.16 Å². The third-order valence-corrected chi connectivity index (χ3v) is 6.70. The van der Waals surface area contributed by atoms with Gasteiger partial charge in [0.25, 0.3) is 11.1 Å². The molecular formula is C23H20FN5O3S2. The molecule has 0 saturated carbocycles. The van der Waals surface area contributed by atoms with Crippen molar-refractivity contribution >= 4 is 46.7 Å². The number of halogens is 1. The predicted molar refractivity (Wildman–Crippen MR) is 131 cm³/mol. The number of carbonyl (C=O) groups excluding carboxylic acids is 3. The van der Waals surface area contributed by atoms with Crippen LogP contribution in [0.2, 0.25) is 0 Å². The topological polar surface area (TPSA) is 110 Å². The highest BCUT2D eigenvalue weighted by molar-refractivity contribution is 8.18. The summed E-state index contributed by atoms with van der Waals surface area (Å²) < 4.78 is 15.2. The van der Waals surface area contributed by atoms with E-state index in [1.807, 2.05) is 30.3 Å². The molecule has 34 heavy (non-hydrogen) atoms. The molecule has 1 aromatic heterocycles. The van der Waals surface area contributed by atoms with E-state index in [4.69, 9.17) is 5.84 Å². The lowest BCUT2D eigenvalue weighted by molar-refractivity contribution is -0.123. The van der Waals surface area contributed by atoms with Crippen LogP contribution in [-0.2, 0) is 9.59 Å². The van der Waals surface area contributed by atoms with Gasteiger partial charge in [-0.1, -0.05) is 60.3 Å². The van der Waals surface area contributed by atoms with E-state index in [0.717, 1.165) is 22.2 Å². The van der Waals surface area contributed by atoms with Crippen molar-refractivity contribution in [1.29, 1.82) is 0 Å². The number of hydrogen-bond donors (Lipinski definition) is 2. The van der Waals surface area contributed by atoms with Crippen LogP contribution in [0.5, 0.6) is 0 Å². The fourth-order valence-corrected chi connectivity index (χ4v) is 4.73. The first-order valence-corrected chi connectivity index (χ1v) is 12.0. The number of nitrogens with one attached hydrogen (secondary N) is 1. The molecule has 3 amide bonds. The van der Waals surface area contributed by atoms with Gasteiger partial charge in [-0.3, -0.25) is 19.3 Å². The molecule has 1 aliphatic heterocycles. The Morgan fingerprint density at radius 1 is 1.15 bits per heavy atom. The van der Waals surface area contributed by atoms with Crippen LogP contribution in [0.1, 0.15) is 5.56 Å². The van der Waals surface area contributed by atoms with E-state index < -0.39 is 17.0 Å². The van der Waals surface area contributed by atoms with E-state index in [9.17, 15) is 18.8 Å². The molecule has 0 aliphatic carbocycles. The Kier molecular flexibility index (Phi) is 7.33. The molecule has 0 spiro atoms. The zero-order valence-electron chi connectivity index (χ0n) is 17.8. The Morgan fingerprint density at radius 2 is 1.88 bits per heavy atom. The minimum atomic E-state index is -0.513. The second kappa shape index (κ2) is 10.6. The van der Waals surface area contributed by atoms with Crippen molar-refractivity contribution < 1.29 is 18.8 Å². The summed E-state index contributed by atoms with van der Waals surface area (Å²) in [6.07, 6.45) is 3.04. The number of hydrogen-bond acceptors (Lipinski definition) is 7. The highest BCUT2D eigenvalue weighted by atomic mass is 32.2. The van der Waals surface area contributed by atoms with E-state index >= 15 is 0 Å². The molecule has 0 unspecified atom stereocenters. The first-order chi connectivity index (χ1) is 16.4. The van der Waals surface area contributed by atoms with Gasteiger partial charge < -0.3 is 11.2 Å². The minimum absolute atomic E-state index is 0.0133. The molecule has 3 N–H and O–H groups in total. The summed E-state index contributed by atoms with van der Waals surface area (Å²) in [7, 11) is 0. The highest BCUT2D eigenvalue weighted by Gasteiger charge is 2.34. The monoisotopic (exact) mass is 497 g/mol. The molecule has 8 nitrogen and oxygen atoms in total. The van der Waals surface area contributed by atoms with Gasteiger partial charge in [-0.2, -0.15) is 0 Å². The highest BCUT2D eigenvalue weighted by Crippen LogP contribution is 2.32. The third-order valence-electron chi connectivity index (χ3n) is 4.82. The first-order valence-electron chi connectivity index (χ1n) is 10.2. The normalized spacial score (nSPS) is 14.7. The number of benzene rings is 2. The van der Waals surface area contributed by atoms with Crippen molar-refractivity contribution in [2.24, 2.45) is 0 Å². The molecule has 1 aliphatic rings. The first kappa shape index (κ1) is 23.6. The predicted octanol–water partition coefficient (Wildman–Crippen LogP) is 3.35. The summed E-state index contributed by atoms with van der Waals surface area (Å²) in [5, 5.41) is 2.70. The van der Waals surface area contributed by atoms with E-state index in [2.05, 4.69) is 10.3 Å². The second-order valence-electron chi connectivity index (χ2n) is 7.18. The molecule has 4 rings (SSSR count). The summed E-state index contributed by atoms with van der Waals surface area (Å²) in [5.41, 5.74) is 1.85. The van der Waals surface area contributed by atoms with Crippen molar-refractivity contribution in [3.63, 3.8) is 0 Å². The molecule has 1 saturated heterocycles. The Bertz CT molecular complexity index is 1260. The van der Waals surface area contributed by atoms with Gasteiger partial charge >= 0.3 is 0 Å². The number of carbonyl (C=O) groups is 3. The minimum Gasteiger partial charge on any atom is -0.354 e. The summed E-state index contributed by atoms with van der Waals surface area (Å²) >= 11 is 1.92. The van der Waals surface area contributed by atoms with Gasteiger partial charge in [-0.25, -0.2) is 14.1 Å². The standard InChI is InChI=1S/C23H20FN5O3S2/c24-17-9-5-4-8-16(17)12-19-21(31)28(23(32)34-19)11-10-26-20(30)14-33-22-27-18(13-29(22)25)15-6-2-1-3-7-15/h1-9,12-13H,10-11,14,25H2,(H,26,30)/b19-12-. The molecule has 0 radical (unpaired) electrons. The maximum atomic E-state index is 13.8. The molecule has 2 heterocycles. The number of amides is 3. The van der Waals surface area contributed by atoms with Crippen molar-refractivity contribution in [3.05, 3.63) is 77.1 Å². The Morgan fingerprint density at radius 3 is 2.65 bits per heavy atom. The van der Waals surface area contributed by atoms with Gasteiger partial charge in [0.2, 0.25) is 5.91 Å². The molecule has 174 valence electrons. The number of aromatic nitrogens is 2. The smallest absolute Gasteiger partial charge is 0.293 e. The van der Waals surface area contributed by atoms with Gasteiger partial charge in [0, 0.05) is 24.2 Å².